The van der Waals surface area contributed by atoms with Crippen LogP contribution in [-0.2, 0) is 37.5 Å². The van der Waals surface area contributed by atoms with E-state index in [0.717, 1.165) is 10.8 Å². The van der Waals surface area contributed by atoms with Crippen molar-refractivity contribution in [3.63, 3.8) is 0 Å². The fourth-order valence-corrected chi connectivity index (χ4v) is 5.41. The summed E-state index contributed by atoms with van der Waals surface area (Å²) in [5, 5.41) is 75.2. The molecule has 0 spiro atoms. The van der Waals surface area contributed by atoms with E-state index >= 15 is 0 Å². The lowest BCUT2D eigenvalue weighted by Gasteiger charge is -2.46. The molecule has 2 saturated heterocycles. The fourth-order valence-electron chi connectivity index (χ4n) is 4.45. The molecular formula is C21H32N5O17P. The number of phosphoric acid groups is 1. The number of carboxylic acids is 1. The molecule has 0 bridgehead atoms. The summed E-state index contributed by atoms with van der Waals surface area (Å²) in [5.74, 6) is -6.54. The number of aromatic nitrogens is 2. The van der Waals surface area contributed by atoms with Crippen molar-refractivity contribution >= 4 is 31.9 Å². The van der Waals surface area contributed by atoms with Crippen molar-refractivity contribution in [3.8, 4) is 0 Å². The van der Waals surface area contributed by atoms with Crippen LogP contribution in [0.4, 0.5) is 5.82 Å². The molecule has 0 radical (unpaired) electrons. The molecule has 0 aromatic carbocycles. The molecule has 44 heavy (non-hydrogen) atoms. The van der Waals surface area contributed by atoms with Gasteiger partial charge in [0.2, 0.25) is 12.3 Å². The number of nitrogens with one attached hydrogen (secondary N) is 2. The Hall–Kier alpha value is -3.12. The van der Waals surface area contributed by atoms with E-state index in [1.807, 2.05) is 5.32 Å². The van der Waals surface area contributed by atoms with E-state index in [1.54, 1.807) is 0 Å². The van der Waals surface area contributed by atoms with Crippen molar-refractivity contribution < 1.29 is 78.1 Å². The fraction of sp³-hybridized carbons (Fsp3) is 0.667. The number of carboxylic acid groups (broad SMARTS) is 1. The van der Waals surface area contributed by atoms with Crippen LogP contribution < -0.4 is 22.1 Å². The van der Waals surface area contributed by atoms with Crippen LogP contribution in [0.5, 0.6) is 0 Å². The standard InChI is InChI=1S/C21H32N5O17P/c22-11-1-2-26(20(37)24-11)18-16(34)15(33)10(41-18)6-40-44(38,39)43-21(19(35)36)3-8(29)13(25-12(31)4-23-7-28)17(42-21)14(32)9(30)5-27/h1-2,7-10,13-18,27,29-30,32-34H,3-6H2,(H,23,28)(H,25,31)(H,35,36)(H,38,39)(H2,22,24,37)/t8?,9-,10?,13?,14-,15?,16?,17?,18?,21?/m1/s1. The first-order valence-corrected chi connectivity index (χ1v) is 14.1. The van der Waals surface area contributed by atoms with E-state index in [0.29, 0.717) is 0 Å². The minimum atomic E-state index is -5.58. The van der Waals surface area contributed by atoms with E-state index in [9.17, 15) is 64.4 Å². The van der Waals surface area contributed by atoms with Crippen LogP contribution in [0.25, 0.3) is 0 Å². The quantitative estimate of drug-likeness (QED) is 0.0654. The molecule has 0 saturated carbocycles. The van der Waals surface area contributed by atoms with Gasteiger partial charge in [-0.25, -0.2) is 18.7 Å². The highest BCUT2D eigenvalue weighted by Crippen LogP contribution is 2.51. The number of carbonyl (C=O) groups excluding carboxylic acids is 2. The molecule has 9 unspecified atom stereocenters. The number of anilines is 1. The number of rotatable bonds is 14. The molecule has 248 valence electrons. The predicted molar refractivity (Wildman–Crippen MR) is 137 cm³/mol. The molecule has 2 aliphatic rings. The third-order valence-corrected chi connectivity index (χ3v) is 7.62. The van der Waals surface area contributed by atoms with Crippen LogP contribution in [-0.4, -0.2) is 143 Å². The number of aliphatic hydroxyl groups excluding tert-OH is 6. The Kier molecular flexibility index (Phi) is 11.5. The van der Waals surface area contributed by atoms with Crippen LogP contribution in [0.15, 0.2) is 17.1 Å². The number of nitrogens with two attached hydrogens (primary N) is 1. The van der Waals surface area contributed by atoms with Gasteiger partial charge in [0.05, 0.1) is 31.9 Å². The van der Waals surface area contributed by atoms with Crippen molar-refractivity contribution in [2.24, 2.45) is 0 Å². The third-order valence-electron chi connectivity index (χ3n) is 6.62. The van der Waals surface area contributed by atoms with Crippen molar-refractivity contribution in [1.82, 2.24) is 20.2 Å². The number of hydrogen-bond donors (Lipinski definition) is 11. The molecule has 2 amide bonds. The second kappa shape index (κ2) is 14.3. The van der Waals surface area contributed by atoms with Crippen molar-refractivity contribution in [1.29, 1.82) is 0 Å². The number of nitrogen functional groups attached to an aromatic ring is 1. The lowest BCUT2D eigenvalue weighted by atomic mass is 9.88. The number of carbonyl (C=O) groups is 3. The zero-order chi connectivity index (χ0) is 33.0. The Morgan fingerprint density at radius 1 is 1.30 bits per heavy atom. The first kappa shape index (κ1) is 35.4. The highest BCUT2D eigenvalue weighted by atomic mass is 31.2. The Balaban J connectivity index is 1.79. The molecule has 3 rings (SSSR count). The highest BCUT2D eigenvalue weighted by molar-refractivity contribution is 7.47. The maximum atomic E-state index is 12.9. The maximum absolute atomic E-state index is 12.9. The molecule has 2 fully saturated rings. The van der Waals surface area contributed by atoms with Gasteiger partial charge >= 0.3 is 19.5 Å². The van der Waals surface area contributed by atoms with Gasteiger partial charge in [-0.1, -0.05) is 0 Å². The number of amides is 2. The van der Waals surface area contributed by atoms with E-state index in [-0.39, 0.29) is 12.2 Å². The van der Waals surface area contributed by atoms with Gasteiger partial charge in [0.15, 0.2) is 6.23 Å². The third kappa shape index (κ3) is 7.93. The van der Waals surface area contributed by atoms with Crippen molar-refractivity contribution in [2.75, 3.05) is 25.5 Å². The number of hydrogen-bond acceptors (Lipinski definition) is 17. The van der Waals surface area contributed by atoms with Crippen LogP contribution >= 0.6 is 7.82 Å². The molecule has 3 heterocycles. The molecule has 1 aromatic rings. The summed E-state index contributed by atoms with van der Waals surface area (Å²) >= 11 is 0. The number of ether oxygens (including phenoxy) is 2. The summed E-state index contributed by atoms with van der Waals surface area (Å²) in [6.07, 6.45) is -15.1. The first-order valence-electron chi connectivity index (χ1n) is 12.6. The monoisotopic (exact) mass is 657 g/mol. The summed E-state index contributed by atoms with van der Waals surface area (Å²) in [6, 6.07) is -0.524. The molecular weight excluding hydrogens is 625 g/mol. The topological polar surface area (TPSA) is 352 Å². The van der Waals surface area contributed by atoms with Gasteiger partial charge in [-0.2, -0.15) is 4.98 Å². The summed E-state index contributed by atoms with van der Waals surface area (Å²) < 4.78 is 33.8. The Labute approximate surface area is 246 Å². The SMILES string of the molecule is Nc1ccn(C2OC(COP(=O)(O)OC3(C(=O)O)CC(O)C(NC(=O)CNC=O)C([C@H](O)[C@H](O)CO)O3)C(O)C2O)c(=O)n1. The molecule has 23 heteroatoms. The zero-order valence-electron chi connectivity index (χ0n) is 22.4. The molecule has 0 aliphatic carbocycles. The van der Waals surface area contributed by atoms with Gasteiger partial charge in [0.1, 0.15) is 42.4 Å². The van der Waals surface area contributed by atoms with Crippen LogP contribution in [0.1, 0.15) is 12.6 Å². The van der Waals surface area contributed by atoms with Gasteiger partial charge in [0, 0.05) is 12.6 Å². The Morgan fingerprint density at radius 3 is 2.57 bits per heavy atom. The van der Waals surface area contributed by atoms with Crippen molar-refractivity contribution in [2.45, 2.75) is 67.2 Å². The molecule has 11 atom stereocenters. The van der Waals surface area contributed by atoms with Gasteiger partial charge < -0.3 is 66.5 Å². The number of phosphoric ester groups is 1. The van der Waals surface area contributed by atoms with E-state index in [4.69, 9.17) is 24.3 Å². The first-order chi connectivity index (χ1) is 20.6. The average Bonchev–Trinajstić information content (AvgIpc) is 3.23. The normalized spacial score (nSPS) is 33.1. The van der Waals surface area contributed by atoms with Crippen LogP contribution in [0.3, 0.4) is 0 Å². The van der Waals surface area contributed by atoms with Crippen LogP contribution in [0, 0.1) is 0 Å². The largest absolute Gasteiger partial charge is 0.477 e. The van der Waals surface area contributed by atoms with E-state index in [2.05, 4.69) is 10.3 Å². The predicted octanol–water partition coefficient (Wildman–Crippen LogP) is -6.55. The van der Waals surface area contributed by atoms with Crippen LogP contribution in [0.2, 0.25) is 0 Å². The minimum absolute atomic E-state index is 0.149. The molecule has 12 N–H and O–H groups in total. The smallest absolute Gasteiger partial charge is 0.475 e. The molecule has 1 aromatic heterocycles. The molecule has 2 aliphatic heterocycles. The lowest BCUT2D eigenvalue weighted by Crippen LogP contribution is -2.68. The van der Waals surface area contributed by atoms with Gasteiger partial charge in [-0.15, -0.1) is 0 Å². The lowest BCUT2D eigenvalue weighted by molar-refractivity contribution is -0.289. The van der Waals surface area contributed by atoms with Gasteiger partial charge in [-0.3, -0.25) is 18.7 Å². The average molecular weight is 657 g/mol. The van der Waals surface area contributed by atoms with Crippen molar-refractivity contribution in [3.05, 3.63) is 22.7 Å². The second-order valence-corrected chi connectivity index (χ2v) is 11.1. The summed E-state index contributed by atoms with van der Waals surface area (Å²) in [6.45, 7) is -2.79. The van der Waals surface area contributed by atoms with Gasteiger partial charge in [0.25, 0.3) is 5.79 Å². The summed E-state index contributed by atoms with van der Waals surface area (Å²) in [7, 11) is -5.58. The minimum Gasteiger partial charge on any atom is -0.477 e. The summed E-state index contributed by atoms with van der Waals surface area (Å²) in [5.41, 5.74) is 4.45. The number of nitrogens with zero attached hydrogens (tertiary/aromatic N) is 2. The van der Waals surface area contributed by atoms with E-state index < -0.39 is 112 Å². The highest BCUT2D eigenvalue weighted by Gasteiger charge is 2.59. The Morgan fingerprint density at radius 2 is 1.98 bits per heavy atom. The maximum Gasteiger partial charge on any atom is 0.475 e. The molecule has 22 nitrogen and oxygen atoms in total. The summed E-state index contributed by atoms with van der Waals surface area (Å²) in [4.78, 5) is 60.8. The number of aliphatic hydroxyl groups is 6. The second-order valence-electron chi connectivity index (χ2n) is 9.69. The Bertz CT molecular complexity index is 1300. The zero-order valence-corrected chi connectivity index (χ0v) is 23.3. The van der Waals surface area contributed by atoms with E-state index in [1.165, 1.54) is 6.07 Å². The number of aliphatic carboxylic acids is 1. The van der Waals surface area contributed by atoms with Gasteiger partial charge in [-0.05, 0) is 6.07 Å².